The Hall–Kier alpha value is -7.14. The van der Waals surface area contributed by atoms with Crippen LogP contribution in [0.1, 0.15) is 93.0 Å². The summed E-state index contributed by atoms with van der Waals surface area (Å²) in [5.74, 6) is 0.220. The van der Waals surface area contributed by atoms with Gasteiger partial charge in [-0.25, -0.2) is 9.98 Å². The lowest BCUT2D eigenvalue weighted by Crippen LogP contribution is -2.48. The molecule has 1 unspecified atom stereocenters. The number of hydrogen-bond donors (Lipinski definition) is 3. The van der Waals surface area contributed by atoms with Gasteiger partial charge in [-0.1, -0.05) is 99.6 Å². The smallest absolute Gasteiger partial charge is 0.257 e. The van der Waals surface area contributed by atoms with Crippen LogP contribution in [0.25, 0.3) is 21.6 Å². The molecule has 1 saturated heterocycles. The minimum absolute atomic E-state index is 0.0155. The fourth-order valence-corrected chi connectivity index (χ4v) is 10.2. The Morgan fingerprint density at radius 2 is 1.64 bits per heavy atom. The minimum Gasteiger partial charge on any atom is -0.508 e. The highest BCUT2D eigenvalue weighted by Crippen LogP contribution is 2.38. The number of nitrogens with zero attached hydrogens (tertiary/aromatic N) is 5. The number of aliphatic hydroxyl groups is 1. The number of hydrogen-bond acceptors (Lipinski definition) is 13. The van der Waals surface area contributed by atoms with Gasteiger partial charge < -0.3 is 44.1 Å². The number of aryl methyl sites for hydroxylation is 1. The van der Waals surface area contributed by atoms with Crippen molar-refractivity contribution in [2.45, 2.75) is 83.9 Å². The Kier molecular flexibility index (Phi) is 16.9. The van der Waals surface area contributed by atoms with E-state index >= 15 is 0 Å². The fraction of sp³-hybridized carbons (Fsp3) is 0.368. The van der Waals surface area contributed by atoms with Crippen molar-refractivity contribution in [2.75, 3.05) is 46.6 Å². The average molecular weight is 1010 g/mol. The van der Waals surface area contributed by atoms with Crippen LogP contribution in [0.3, 0.4) is 0 Å². The van der Waals surface area contributed by atoms with E-state index in [4.69, 9.17) is 23.7 Å². The molecule has 2 aromatic heterocycles. The van der Waals surface area contributed by atoms with E-state index in [0.29, 0.717) is 55.5 Å². The Morgan fingerprint density at radius 1 is 0.932 bits per heavy atom. The van der Waals surface area contributed by atoms with Crippen molar-refractivity contribution < 1.29 is 43.3 Å². The normalized spacial score (nSPS) is 18.3. The number of aliphatic hydroxyl groups excluding tert-OH is 1. The monoisotopic (exact) mass is 1010 g/mol. The summed E-state index contributed by atoms with van der Waals surface area (Å²) in [5, 5.41) is 27.8. The summed E-state index contributed by atoms with van der Waals surface area (Å²) in [4.78, 5) is 54.3. The van der Waals surface area contributed by atoms with Crippen LogP contribution in [0, 0.1) is 12.8 Å². The van der Waals surface area contributed by atoms with Crippen molar-refractivity contribution in [3.05, 3.63) is 148 Å². The number of β-amino-alcohol motifs (C(OH)–C–C–N with tert-alkyl or cyclic N) is 1. The van der Waals surface area contributed by atoms with Crippen molar-refractivity contribution in [3.8, 4) is 27.8 Å². The van der Waals surface area contributed by atoms with Crippen molar-refractivity contribution in [1.82, 2.24) is 25.3 Å². The molecule has 0 saturated carbocycles. The molecular weight excluding hydrogens is 945 g/mol. The van der Waals surface area contributed by atoms with Gasteiger partial charge in [-0.3, -0.25) is 14.4 Å². The summed E-state index contributed by atoms with van der Waals surface area (Å²) in [6.45, 7) is 11.3. The second kappa shape index (κ2) is 23.6. The highest BCUT2D eigenvalue weighted by Gasteiger charge is 2.48. The maximum absolute atomic E-state index is 14.4. The molecule has 4 heterocycles. The number of nitrogens with one attached hydrogen (secondary N) is 1. The molecule has 0 bridgehead atoms. The zero-order chi connectivity index (χ0) is 51.6. The summed E-state index contributed by atoms with van der Waals surface area (Å²) in [6.07, 6.45) is 1.07. The van der Waals surface area contributed by atoms with Crippen molar-refractivity contribution in [1.29, 1.82) is 0 Å². The van der Waals surface area contributed by atoms with Crippen LogP contribution in [0.2, 0.25) is 0 Å². The number of aromatic nitrogens is 2. The number of thiazole rings is 1. The number of phenols is 1. The molecule has 73 heavy (non-hydrogen) atoms. The third-order valence-corrected chi connectivity index (χ3v) is 14.4. The first-order valence-electron chi connectivity index (χ1n) is 24.9. The third-order valence-electron chi connectivity index (χ3n) is 13.5. The number of amides is 3. The highest BCUT2D eigenvalue weighted by atomic mass is 32.1. The quantitative estimate of drug-likeness (QED) is 0.0435. The van der Waals surface area contributed by atoms with Crippen LogP contribution >= 0.6 is 11.3 Å². The maximum atomic E-state index is 14.4. The van der Waals surface area contributed by atoms with Gasteiger partial charge in [-0.15, -0.1) is 11.3 Å². The van der Waals surface area contributed by atoms with Gasteiger partial charge >= 0.3 is 0 Å². The van der Waals surface area contributed by atoms with Crippen LogP contribution in [-0.2, 0) is 24.7 Å². The van der Waals surface area contributed by atoms with Crippen LogP contribution in [0.4, 0.5) is 0 Å². The Labute approximate surface area is 430 Å². The Bertz CT molecular complexity index is 2900. The van der Waals surface area contributed by atoms with Crippen molar-refractivity contribution >= 4 is 46.0 Å². The number of rotatable bonds is 22. The molecule has 0 aliphatic carbocycles. The van der Waals surface area contributed by atoms with Crippen LogP contribution in [-0.4, -0.2) is 112 Å². The Balaban J connectivity index is 0.767. The van der Waals surface area contributed by atoms with Gasteiger partial charge in [-0.05, 0) is 101 Å². The molecule has 1 fully saturated rings. The number of carbonyl (C=O) groups excluding carboxylic acids is 3. The number of aromatic hydroxyl groups is 1. The van der Waals surface area contributed by atoms with Crippen LogP contribution < -0.4 is 14.8 Å². The molecule has 16 heteroatoms. The SMILES string of the molecule is CC/C(=C(/c1ccc(O)cc1)c1ccc(OCCN(C)C(=O)CCCOCCOc2cc(C(C(=O)N3C[C@H](O)C[C@@H]3C3=N[C@](C)(c4ccc(-c5scnc5C)cc4)C(=O)N3)C(C)C)on2)cc1)c1ccccc1. The topological polar surface area (TPSA) is 189 Å². The molecule has 2 aliphatic rings. The number of benzene rings is 4. The summed E-state index contributed by atoms with van der Waals surface area (Å²) in [6, 6.07) is 34.2. The maximum Gasteiger partial charge on any atom is 0.257 e. The van der Waals surface area contributed by atoms with E-state index < -0.39 is 23.6 Å². The summed E-state index contributed by atoms with van der Waals surface area (Å²) in [7, 11) is 1.76. The number of likely N-dealkylation sites (N-methyl/N-ethyl adjacent to an activating group) is 1. The predicted molar refractivity (Wildman–Crippen MR) is 281 cm³/mol. The van der Waals surface area contributed by atoms with E-state index in [9.17, 15) is 24.6 Å². The van der Waals surface area contributed by atoms with Gasteiger partial charge in [0.25, 0.3) is 11.8 Å². The number of phenolic OH excluding ortho intramolecular Hbond substituents is 1. The molecular formula is C57H64N6O9S. The highest BCUT2D eigenvalue weighted by molar-refractivity contribution is 7.13. The van der Waals surface area contributed by atoms with E-state index in [1.807, 2.05) is 99.6 Å². The zero-order valence-electron chi connectivity index (χ0n) is 42.2. The van der Waals surface area contributed by atoms with Gasteiger partial charge in [-0.2, -0.15) is 0 Å². The molecule has 4 aromatic carbocycles. The molecule has 6 aromatic rings. The lowest BCUT2D eigenvalue weighted by molar-refractivity contribution is -0.134. The number of ether oxygens (including phenoxy) is 3. The molecule has 4 atom stereocenters. The van der Waals surface area contributed by atoms with E-state index in [2.05, 4.69) is 34.5 Å². The second-order valence-electron chi connectivity index (χ2n) is 18.9. The number of amidine groups is 1. The fourth-order valence-electron chi connectivity index (χ4n) is 9.43. The van der Waals surface area contributed by atoms with Gasteiger partial charge in [0.2, 0.25) is 11.8 Å². The summed E-state index contributed by atoms with van der Waals surface area (Å²) in [5.41, 5.74) is 8.71. The van der Waals surface area contributed by atoms with Crippen molar-refractivity contribution in [3.63, 3.8) is 0 Å². The lowest BCUT2D eigenvalue weighted by atomic mass is 9.88. The van der Waals surface area contributed by atoms with E-state index in [1.165, 1.54) is 5.57 Å². The Morgan fingerprint density at radius 3 is 2.32 bits per heavy atom. The standard InChI is InChI=1S/C57H64N6O9S/c1-7-46(38-12-9-8-10-13-38)52(39-17-23-43(64)24-18-39)40-19-25-45(26-20-40)70-29-27-62(6)50(66)14-11-28-69-30-31-71-49-33-48(72-61-49)51(36(2)3)55(67)63-34-44(65)32-47(63)54-59-56(68)57(5,60-54)42-21-15-41(16-22-42)53-37(4)58-35-73-53/h8-10,12-13,15-26,33,35-36,44,47,51,64-65H,7,11,14,27-32,34H2,1-6H3,(H,59,60,68)/b52-46+/t44-,47-,51?,57-/m1/s1. The number of likely N-dealkylation sites (tertiary alicyclic amines) is 1. The minimum atomic E-state index is -1.22. The molecule has 3 N–H and O–H groups in total. The molecule has 3 amide bonds. The van der Waals surface area contributed by atoms with E-state index in [-0.39, 0.29) is 61.4 Å². The number of carbonyl (C=O) groups is 3. The van der Waals surface area contributed by atoms with Gasteiger partial charge in [0.05, 0.1) is 41.4 Å². The van der Waals surface area contributed by atoms with Gasteiger partial charge in [0, 0.05) is 39.1 Å². The van der Waals surface area contributed by atoms with Gasteiger partial charge in [0.1, 0.15) is 36.5 Å². The molecule has 8 rings (SSSR count). The molecule has 0 spiro atoms. The van der Waals surface area contributed by atoms with Gasteiger partial charge in [0.15, 0.2) is 11.3 Å². The van der Waals surface area contributed by atoms with Crippen LogP contribution in [0.5, 0.6) is 17.4 Å². The molecule has 0 radical (unpaired) electrons. The molecule has 15 nitrogen and oxygen atoms in total. The number of allylic oxidation sites excluding steroid dienone is 1. The molecule has 382 valence electrons. The van der Waals surface area contributed by atoms with E-state index in [1.54, 1.807) is 58.8 Å². The lowest BCUT2D eigenvalue weighted by Gasteiger charge is -2.29. The van der Waals surface area contributed by atoms with Crippen molar-refractivity contribution in [2.24, 2.45) is 10.9 Å². The first-order chi connectivity index (χ1) is 35.2. The number of aliphatic imine (C=N–C) groups is 1. The summed E-state index contributed by atoms with van der Waals surface area (Å²) < 4.78 is 23.3. The predicted octanol–water partition coefficient (Wildman–Crippen LogP) is 9.04. The first-order valence-corrected chi connectivity index (χ1v) is 25.7. The zero-order valence-corrected chi connectivity index (χ0v) is 43.1. The average Bonchev–Trinajstić information content (AvgIpc) is 4.20. The second-order valence-corrected chi connectivity index (χ2v) is 19.8. The first kappa shape index (κ1) is 52.2. The summed E-state index contributed by atoms with van der Waals surface area (Å²) >= 11 is 1.56. The third kappa shape index (κ3) is 12.2. The van der Waals surface area contributed by atoms with E-state index in [0.717, 1.165) is 44.8 Å². The van der Waals surface area contributed by atoms with Crippen LogP contribution in [0.15, 0.2) is 124 Å². The molecule has 2 aliphatic heterocycles. The largest absolute Gasteiger partial charge is 0.508 e.